The van der Waals surface area contributed by atoms with Crippen molar-refractivity contribution in [1.82, 2.24) is 19.9 Å². The van der Waals surface area contributed by atoms with Crippen LogP contribution in [0.25, 0.3) is 0 Å². The summed E-state index contributed by atoms with van der Waals surface area (Å²) in [6.45, 7) is 2.57. The molecule has 5 heteroatoms. The zero-order valence-electron chi connectivity index (χ0n) is 8.86. The zero-order valence-corrected chi connectivity index (χ0v) is 8.86. The van der Waals surface area contributed by atoms with Gasteiger partial charge >= 0.3 is 0 Å². The lowest BCUT2D eigenvalue weighted by Crippen LogP contribution is -2.55. The number of aryl methyl sites for hydroxylation is 1. The summed E-state index contributed by atoms with van der Waals surface area (Å²) in [5, 5.41) is 7.77. The third-order valence-electron chi connectivity index (χ3n) is 3.72. The van der Waals surface area contributed by atoms with Gasteiger partial charge in [-0.15, -0.1) is 5.10 Å². The molecule has 3 aliphatic heterocycles. The van der Waals surface area contributed by atoms with Gasteiger partial charge in [0.2, 0.25) is 0 Å². The molecule has 1 aromatic rings. The minimum Gasteiger partial charge on any atom is -0.300 e. The molecule has 1 aromatic heterocycles. The number of halogens is 1. The first-order valence-electron chi connectivity index (χ1n) is 5.46. The highest BCUT2D eigenvalue weighted by Crippen LogP contribution is 2.44. The van der Waals surface area contributed by atoms with Gasteiger partial charge in [0.15, 0.2) is 5.67 Å². The highest BCUT2D eigenvalue weighted by molar-refractivity contribution is 5.14. The predicted octanol–water partition coefficient (Wildman–Crippen LogP) is 0.705. The third kappa shape index (κ3) is 1.29. The van der Waals surface area contributed by atoms with E-state index in [-0.39, 0.29) is 5.92 Å². The number of piperidine rings is 3. The smallest absolute Gasteiger partial charge is 0.171 e. The normalized spacial score (nSPS) is 39.6. The Labute approximate surface area is 88.1 Å². The average Bonchev–Trinajstić information content (AvgIpc) is 2.67. The Bertz CT molecular complexity index is 369. The van der Waals surface area contributed by atoms with Crippen molar-refractivity contribution in [2.45, 2.75) is 18.5 Å². The molecule has 0 amide bonds. The largest absolute Gasteiger partial charge is 0.300 e. The quantitative estimate of drug-likeness (QED) is 0.684. The molecule has 0 aromatic carbocycles. The van der Waals surface area contributed by atoms with Crippen molar-refractivity contribution in [3.05, 3.63) is 11.9 Å². The summed E-state index contributed by atoms with van der Waals surface area (Å²) in [5.41, 5.74) is -0.746. The summed E-state index contributed by atoms with van der Waals surface area (Å²) >= 11 is 0. The second-order valence-corrected chi connectivity index (χ2v) is 4.69. The Morgan fingerprint density at radius 1 is 1.47 bits per heavy atom. The van der Waals surface area contributed by atoms with Gasteiger partial charge in [0, 0.05) is 19.5 Å². The van der Waals surface area contributed by atoms with E-state index in [4.69, 9.17) is 0 Å². The van der Waals surface area contributed by atoms with Crippen molar-refractivity contribution < 1.29 is 4.39 Å². The Balaban J connectivity index is 1.96. The fourth-order valence-corrected chi connectivity index (χ4v) is 2.83. The molecule has 0 aliphatic carbocycles. The molecule has 4 rings (SSSR count). The third-order valence-corrected chi connectivity index (χ3v) is 3.72. The van der Waals surface area contributed by atoms with E-state index in [0.717, 1.165) is 25.9 Å². The Hall–Kier alpha value is -0.970. The molecule has 4 heterocycles. The molecule has 3 saturated heterocycles. The van der Waals surface area contributed by atoms with Crippen LogP contribution in [0, 0.1) is 5.92 Å². The Morgan fingerprint density at radius 3 is 2.67 bits per heavy atom. The van der Waals surface area contributed by atoms with Crippen molar-refractivity contribution in [2.24, 2.45) is 13.0 Å². The van der Waals surface area contributed by atoms with E-state index in [0.29, 0.717) is 12.2 Å². The maximum absolute atomic E-state index is 14.9. The topological polar surface area (TPSA) is 34.0 Å². The molecule has 2 bridgehead atoms. The van der Waals surface area contributed by atoms with Gasteiger partial charge in [0.25, 0.3) is 0 Å². The number of aromatic nitrogens is 3. The predicted molar refractivity (Wildman–Crippen MR) is 53.0 cm³/mol. The van der Waals surface area contributed by atoms with Crippen LogP contribution in [0.4, 0.5) is 4.39 Å². The number of hydrogen-bond acceptors (Lipinski definition) is 3. The van der Waals surface area contributed by atoms with Crippen LogP contribution in [0.2, 0.25) is 0 Å². The fraction of sp³-hybridized carbons (Fsp3) is 0.800. The van der Waals surface area contributed by atoms with Crippen LogP contribution in [-0.4, -0.2) is 39.5 Å². The maximum Gasteiger partial charge on any atom is 0.171 e. The average molecular weight is 210 g/mol. The van der Waals surface area contributed by atoms with E-state index in [1.807, 2.05) is 0 Å². The summed E-state index contributed by atoms with van der Waals surface area (Å²) in [6, 6.07) is 0. The first kappa shape index (κ1) is 9.27. The lowest BCUT2D eigenvalue weighted by molar-refractivity contribution is -0.0615. The zero-order chi connectivity index (χ0) is 10.5. The lowest BCUT2D eigenvalue weighted by atomic mass is 9.75. The van der Waals surface area contributed by atoms with Crippen LogP contribution in [0.5, 0.6) is 0 Å². The van der Waals surface area contributed by atoms with Crippen LogP contribution in [0.15, 0.2) is 6.20 Å². The van der Waals surface area contributed by atoms with Gasteiger partial charge in [-0.25, -0.2) is 4.39 Å². The molecule has 0 saturated carbocycles. The molecule has 0 spiro atoms. The van der Waals surface area contributed by atoms with Gasteiger partial charge in [-0.2, -0.15) is 0 Å². The Morgan fingerprint density at radius 2 is 2.20 bits per heavy atom. The van der Waals surface area contributed by atoms with Gasteiger partial charge in [-0.1, -0.05) is 5.21 Å². The van der Waals surface area contributed by atoms with Gasteiger partial charge in [-0.3, -0.25) is 9.58 Å². The minimum absolute atomic E-state index is 0.138. The van der Waals surface area contributed by atoms with Crippen molar-refractivity contribution >= 4 is 0 Å². The fourth-order valence-electron chi connectivity index (χ4n) is 2.83. The molecular weight excluding hydrogens is 195 g/mol. The van der Waals surface area contributed by atoms with Crippen molar-refractivity contribution in [3.63, 3.8) is 0 Å². The van der Waals surface area contributed by atoms with Crippen LogP contribution >= 0.6 is 0 Å². The lowest BCUT2D eigenvalue weighted by Gasteiger charge is -2.47. The summed E-state index contributed by atoms with van der Waals surface area (Å²) < 4.78 is 16.4. The van der Waals surface area contributed by atoms with Gasteiger partial charge in [0.1, 0.15) is 5.69 Å². The second-order valence-electron chi connectivity index (χ2n) is 4.69. The monoisotopic (exact) mass is 210 g/mol. The molecule has 82 valence electrons. The van der Waals surface area contributed by atoms with E-state index < -0.39 is 5.67 Å². The second kappa shape index (κ2) is 3.01. The summed E-state index contributed by atoms with van der Waals surface area (Å²) in [7, 11) is 1.78. The Kier molecular flexibility index (Phi) is 1.86. The molecule has 15 heavy (non-hydrogen) atoms. The summed E-state index contributed by atoms with van der Waals surface area (Å²) in [5.74, 6) is 0.138. The number of rotatable bonds is 1. The van der Waals surface area contributed by atoms with Crippen molar-refractivity contribution in [1.29, 1.82) is 0 Å². The van der Waals surface area contributed by atoms with Gasteiger partial charge in [0.05, 0.1) is 6.20 Å². The molecule has 1 atom stereocenters. The SMILES string of the molecule is Cn1cc(C2(F)CN3CCC2CC3)nn1. The number of nitrogens with zero attached hydrogens (tertiary/aromatic N) is 4. The standard InChI is InChI=1S/C10H15FN4/c1-14-6-9(12-13-14)10(11)7-15-4-2-8(10)3-5-15/h6,8H,2-5,7H2,1H3. The number of alkyl halides is 1. The first-order valence-corrected chi connectivity index (χ1v) is 5.46. The molecule has 4 nitrogen and oxygen atoms in total. The minimum atomic E-state index is -1.26. The molecule has 1 unspecified atom stereocenters. The number of fused-ring (bicyclic) bond motifs is 3. The van der Waals surface area contributed by atoms with Crippen LogP contribution < -0.4 is 0 Å². The van der Waals surface area contributed by atoms with Crippen LogP contribution in [0.1, 0.15) is 18.5 Å². The van der Waals surface area contributed by atoms with E-state index in [1.54, 1.807) is 17.9 Å². The van der Waals surface area contributed by atoms with Gasteiger partial charge < -0.3 is 0 Å². The van der Waals surface area contributed by atoms with Crippen molar-refractivity contribution in [3.8, 4) is 0 Å². The van der Waals surface area contributed by atoms with Crippen LogP contribution in [0.3, 0.4) is 0 Å². The molecule has 3 aliphatic rings. The van der Waals surface area contributed by atoms with Crippen molar-refractivity contribution in [2.75, 3.05) is 19.6 Å². The maximum atomic E-state index is 14.9. The van der Waals surface area contributed by atoms with E-state index in [2.05, 4.69) is 15.2 Å². The summed E-state index contributed by atoms with van der Waals surface area (Å²) in [4.78, 5) is 2.19. The van der Waals surface area contributed by atoms with E-state index >= 15 is 0 Å². The molecular formula is C10H15FN4. The van der Waals surface area contributed by atoms with Gasteiger partial charge in [-0.05, 0) is 25.9 Å². The molecule has 3 fully saturated rings. The van der Waals surface area contributed by atoms with E-state index in [1.165, 1.54) is 0 Å². The highest BCUT2D eigenvalue weighted by atomic mass is 19.1. The molecule has 0 N–H and O–H groups in total. The number of hydrogen-bond donors (Lipinski definition) is 0. The van der Waals surface area contributed by atoms with E-state index in [9.17, 15) is 4.39 Å². The summed E-state index contributed by atoms with van der Waals surface area (Å²) in [6.07, 6.45) is 3.61. The van der Waals surface area contributed by atoms with Crippen LogP contribution in [-0.2, 0) is 12.7 Å². The highest BCUT2D eigenvalue weighted by Gasteiger charge is 2.50. The first-order chi connectivity index (χ1) is 7.18. The molecule has 0 radical (unpaired) electrons.